The molecule has 0 radical (unpaired) electrons. The van der Waals surface area contributed by atoms with E-state index in [2.05, 4.69) is 31.0 Å². The van der Waals surface area contributed by atoms with Gasteiger partial charge in [-0.05, 0) is 70.0 Å². The van der Waals surface area contributed by atoms with Crippen LogP contribution in [0.1, 0.15) is 91.5 Å². The third-order valence-electron chi connectivity index (χ3n) is 10.9. The Hall–Kier alpha value is -4.16. The van der Waals surface area contributed by atoms with E-state index < -0.39 is 46.8 Å². The molecule has 2 aliphatic heterocycles. The predicted molar refractivity (Wildman–Crippen MR) is 189 cm³/mol. The summed E-state index contributed by atoms with van der Waals surface area (Å²) in [5, 5.41) is 11.9. The van der Waals surface area contributed by atoms with Gasteiger partial charge in [0.05, 0.1) is 18.8 Å². The number of nitrogens with zero attached hydrogens (tertiary/aromatic N) is 1. The van der Waals surface area contributed by atoms with Gasteiger partial charge >= 0.3 is 0 Å². The van der Waals surface area contributed by atoms with E-state index >= 15 is 0 Å². The lowest BCUT2D eigenvalue weighted by Crippen LogP contribution is -2.42. The highest BCUT2D eigenvalue weighted by Gasteiger charge is 2.50. The number of benzene rings is 4. The molecule has 2 N–H and O–H groups in total. The van der Waals surface area contributed by atoms with Crippen molar-refractivity contribution in [3.8, 4) is 11.1 Å². The average molecular weight is 735 g/mol. The number of hydrogen-bond acceptors (Lipinski definition) is 5. The van der Waals surface area contributed by atoms with Crippen LogP contribution in [0.25, 0.3) is 11.1 Å². The molecule has 1 amide bonds. The molecule has 4 aromatic rings. The predicted octanol–water partition coefficient (Wildman–Crippen LogP) is 8.92. The van der Waals surface area contributed by atoms with Crippen LogP contribution in [0.4, 0.5) is 22.0 Å². The minimum absolute atomic E-state index is 0.0443. The fraction of sp³-hybridized carbons (Fsp3) is 0.405. The smallest absolute Gasteiger partial charge is 0.257 e. The van der Waals surface area contributed by atoms with Gasteiger partial charge in [0.2, 0.25) is 5.82 Å². The van der Waals surface area contributed by atoms with Gasteiger partial charge in [-0.25, -0.2) is 22.0 Å². The lowest BCUT2D eigenvalue weighted by atomic mass is 9.65. The van der Waals surface area contributed by atoms with Gasteiger partial charge in [0.25, 0.3) is 5.91 Å². The summed E-state index contributed by atoms with van der Waals surface area (Å²) < 4.78 is 82.7. The van der Waals surface area contributed by atoms with E-state index in [1.54, 1.807) is 18.2 Å². The van der Waals surface area contributed by atoms with Crippen molar-refractivity contribution in [2.24, 2.45) is 10.8 Å². The number of aliphatic hydroxyl groups is 1. The number of aliphatic hydroxyl groups excluding tert-OH is 1. The zero-order valence-electron chi connectivity index (χ0n) is 29.9. The van der Waals surface area contributed by atoms with Crippen LogP contribution in [0.15, 0.2) is 72.8 Å². The van der Waals surface area contributed by atoms with Gasteiger partial charge in [-0.3, -0.25) is 9.69 Å². The van der Waals surface area contributed by atoms with Crippen LogP contribution < -0.4 is 5.32 Å². The largest absolute Gasteiger partial charge is 0.392 e. The number of nitrogens with one attached hydrogen (secondary N) is 1. The molecule has 11 heteroatoms. The maximum Gasteiger partial charge on any atom is 0.257 e. The second-order valence-corrected chi connectivity index (χ2v) is 15.9. The van der Waals surface area contributed by atoms with E-state index in [4.69, 9.17) is 9.47 Å². The van der Waals surface area contributed by atoms with E-state index in [9.17, 15) is 31.9 Å². The number of likely N-dealkylation sites (tertiary alicyclic amines) is 1. The van der Waals surface area contributed by atoms with Gasteiger partial charge in [-0.15, -0.1) is 0 Å². The first kappa shape index (κ1) is 37.2. The second-order valence-electron chi connectivity index (χ2n) is 15.9. The molecule has 1 aliphatic carbocycles. The number of rotatable bonds is 9. The summed E-state index contributed by atoms with van der Waals surface area (Å²) in [6.45, 7) is 8.70. The fourth-order valence-electron chi connectivity index (χ4n) is 8.89. The van der Waals surface area contributed by atoms with E-state index in [0.29, 0.717) is 23.4 Å². The lowest BCUT2D eigenvalue weighted by molar-refractivity contribution is -0.253. The molecule has 6 nitrogen and oxygen atoms in total. The summed E-state index contributed by atoms with van der Waals surface area (Å²) in [5.41, 5.74) is 3.79. The van der Waals surface area contributed by atoms with E-state index in [0.717, 1.165) is 47.3 Å². The van der Waals surface area contributed by atoms with Gasteiger partial charge in [0.1, 0.15) is 5.56 Å². The number of halogens is 5. The Labute approximate surface area is 305 Å². The Balaban J connectivity index is 1.10. The van der Waals surface area contributed by atoms with Gasteiger partial charge in [-0.2, -0.15) is 0 Å². The minimum atomic E-state index is -2.33. The molecule has 2 unspecified atom stereocenters. The highest BCUT2D eigenvalue weighted by molar-refractivity contribution is 5.94. The number of carbonyl (C=O) groups excluding carboxylic acids is 1. The topological polar surface area (TPSA) is 71.0 Å². The molecular weight excluding hydrogens is 691 g/mol. The Morgan fingerprint density at radius 1 is 0.811 bits per heavy atom. The fourth-order valence-corrected chi connectivity index (χ4v) is 8.89. The number of hydrogen-bond donors (Lipinski definition) is 2. The summed E-state index contributed by atoms with van der Waals surface area (Å²) in [6.07, 6.45) is 3.21. The monoisotopic (exact) mass is 734 g/mol. The molecule has 1 saturated carbocycles. The van der Waals surface area contributed by atoms with Gasteiger partial charge < -0.3 is 19.9 Å². The Kier molecular flexibility index (Phi) is 10.2. The van der Waals surface area contributed by atoms with Crippen molar-refractivity contribution in [3.05, 3.63) is 130 Å². The Morgan fingerprint density at radius 3 is 2.17 bits per heavy atom. The van der Waals surface area contributed by atoms with Crippen LogP contribution in [0.2, 0.25) is 0 Å². The van der Waals surface area contributed by atoms with Crippen LogP contribution in [0, 0.1) is 39.9 Å². The molecule has 3 fully saturated rings. The molecule has 4 aromatic carbocycles. The summed E-state index contributed by atoms with van der Waals surface area (Å²) in [6, 6.07) is 23.1. The van der Waals surface area contributed by atoms with Crippen LogP contribution in [-0.4, -0.2) is 41.1 Å². The zero-order chi connectivity index (χ0) is 37.7. The number of ether oxygens (including phenoxy) is 2. The summed E-state index contributed by atoms with van der Waals surface area (Å²) in [4.78, 5) is 15.2. The molecule has 0 aromatic heterocycles. The van der Waals surface area contributed by atoms with Crippen molar-refractivity contribution >= 4 is 5.91 Å². The molecular formula is C42H43F5N2O4. The average Bonchev–Trinajstić information content (AvgIpc) is 3.39. The number of amides is 1. The van der Waals surface area contributed by atoms with Crippen molar-refractivity contribution in [3.63, 3.8) is 0 Å². The van der Waals surface area contributed by atoms with Crippen LogP contribution in [-0.2, 0) is 22.6 Å². The molecule has 280 valence electrons. The minimum Gasteiger partial charge on any atom is -0.392 e. The standard InChI is InChI=1S/C42H43F5N2O4/c1-41(2)17-30-18-42(3,22-41)23-49(30)20-31-16-32(26-12-10-24(21-50)11-13-26)53-40(52-31)29-9-5-8-28(15-29)27-7-4-6-25(14-27)19-48-39(51)33-34(43)36(45)38(47)37(46)35(33)44/h4-15,30-32,40,50H,16-23H2,1-3H3,(H,48,51)/t30?,31-,32+,40+,42?/m1/s1. The zero-order valence-corrected chi connectivity index (χ0v) is 29.9. The van der Waals surface area contributed by atoms with Crippen molar-refractivity contribution in [1.29, 1.82) is 0 Å². The van der Waals surface area contributed by atoms with E-state index in [1.165, 1.54) is 12.8 Å². The maximum atomic E-state index is 14.2. The number of carbonyl (C=O) groups is 1. The maximum absolute atomic E-state index is 14.2. The van der Waals surface area contributed by atoms with Crippen LogP contribution >= 0.6 is 0 Å². The van der Waals surface area contributed by atoms with Crippen molar-refractivity contribution in [1.82, 2.24) is 10.2 Å². The summed E-state index contributed by atoms with van der Waals surface area (Å²) in [5.74, 6) is -12.5. The van der Waals surface area contributed by atoms with Crippen molar-refractivity contribution < 1.29 is 41.3 Å². The quantitative estimate of drug-likeness (QED) is 0.102. The first-order valence-corrected chi connectivity index (χ1v) is 18.0. The second kappa shape index (κ2) is 14.6. The molecule has 53 heavy (non-hydrogen) atoms. The molecule has 2 saturated heterocycles. The first-order chi connectivity index (χ1) is 25.2. The molecule has 7 rings (SSSR count). The molecule has 2 heterocycles. The molecule has 3 aliphatic rings. The lowest BCUT2D eigenvalue weighted by Gasteiger charge is -2.41. The van der Waals surface area contributed by atoms with Crippen molar-refractivity contribution in [2.45, 2.75) is 84.1 Å². The first-order valence-electron chi connectivity index (χ1n) is 18.0. The highest BCUT2D eigenvalue weighted by atomic mass is 19.2. The Bertz CT molecular complexity index is 1980. The highest BCUT2D eigenvalue weighted by Crippen LogP contribution is 2.53. The molecule has 0 spiro atoms. The van der Waals surface area contributed by atoms with Gasteiger partial charge in [-0.1, -0.05) is 81.4 Å². The van der Waals surface area contributed by atoms with Gasteiger partial charge in [0.15, 0.2) is 29.6 Å². The van der Waals surface area contributed by atoms with E-state index in [1.807, 2.05) is 54.6 Å². The number of fused-ring (bicyclic) bond motifs is 2. The SMILES string of the molecule is CC1(C)CC2CC(C)(CN2C[C@H]2C[C@@H](c3ccc(CO)cc3)O[C@@H](c3cccc(-c4cccc(CNC(=O)c5c(F)c(F)c(F)c(F)c5F)c4)c3)O2)C1. The third-order valence-corrected chi connectivity index (χ3v) is 10.9. The summed E-state index contributed by atoms with van der Waals surface area (Å²) in [7, 11) is 0. The van der Waals surface area contributed by atoms with Crippen molar-refractivity contribution in [2.75, 3.05) is 13.1 Å². The molecule has 5 atom stereocenters. The van der Waals surface area contributed by atoms with Gasteiger partial charge in [0, 0.05) is 37.7 Å². The molecule has 2 bridgehead atoms. The van der Waals surface area contributed by atoms with E-state index in [-0.39, 0.29) is 30.8 Å². The van der Waals surface area contributed by atoms with Crippen LogP contribution in [0.3, 0.4) is 0 Å². The van der Waals surface area contributed by atoms with Crippen LogP contribution in [0.5, 0.6) is 0 Å². The third kappa shape index (κ3) is 7.76. The Morgan fingerprint density at radius 2 is 1.47 bits per heavy atom. The summed E-state index contributed by atoms with van der Waals surface area (Å²) >= 11 is 0. The normalized spacial score (nSPS) is 25.4.